The number of nitrogens with one attached hydrogen (secondary N) is 1. The van der Waals surface area contributed by atoms with Crippen LogP contribution in [0.1, 0.15) is 29.4 Å². The summed E-state index contributed by atoms with van der Waals surface area (Å²) in [7, 11) is 0. The van der Waals surface area contributed by atoms with Crippen molar-refractivity contribution < 1.29 is 9.21 Å². The topological polar surface area (TPSA) is 73.0 Å². The van der Waals surface area contributed by atoms with Crippen LogP contribution in [0.15, 0.2) is 75.8 Å². The predicted molar refractivity (Wildman–Crippen MR) is 114 cm³/mol. The second-order valence-corrected chi connectivity index (χ2v) is 8.39. The largest absolute Gasteiger partial charge is 0.467 e. The van der Waals surface area contributed by atoms with Crippen LogP contribution >= 0.6 is 23.1 Å². The van der Waals surface area contributed by atoms with E-state index in [9.17, 15) is 4.79 Å². The van der Waals surface area contributed by atoms with E-state index in [1.54, 1.807) is 17.6 Å². The molecule has 0 radical (unpaired) electrons. The molecule has 1 atom stereocenters. The molecule has 148 valence electrons. The number of nitrogens with zero attached hydrogens (tertiary/aromatic N) is 3. The number of carbonyl (C=O) groups is 1. The summed E-state index contributed by atoms with van der Waals surface area (Å²) in [5.41, 5.74) is 0.982. The van der Waals surface area contributed by atoms with Crippen LogP contribution < -0.4 is 5.32 Å². The molecule has 4 aromatic rings. The normalized spacial score (nSPS) is 12.0. The molecule has 0 aliphatic rings. The molecule has 3 aromatic heterocycles. The zero-order chi connectivity index (χ0) is 20.1. The molecule has 0 saturated carbocycles. The van der Waals surface area contributed by atoms with Crippen molar-refractivity contribution in [1.82, 2.24) is 20.1 Å². The summed E-state index contributed by atoms with van der Waals surface area (Å²) < 4.78 is 7.36. The number of benzene rings is 1. The second-order valence-electron chi connectivity index (χ2n) is 6.42. The SMILES string of the molecule is C[C@H](NC(=O)CSc1nnc(Cc2cccs2)n1-c1ccccc1)c1ccco1. The van der Waals surface area contributed by atoms with Gasteiger partial charge in [-0.05, 0) is 42.6 Å². The van der Waals surface area contributed by atoms with Crippen molar-refractivity contribution >= 4 is 29.0 Å². The highest BCUT2D eigenvalue weighted by molar-refractivity contribution is 7.99. The highest BCUT2D eigenvalue weighted by Crippen LogP contribution is 2.24. The van der Waals surface area contributed by atoms with E-state index < -0.39 is 0 Å². The number of thiophene rings is 1. The molecule has 0 unspecified atom stereocenters. The Balaban J connectivity index is 1.49. The fraction of sp³-hybridized carbons (Fsp3) is 0.190. The Kier molecular flexibility index (Phi) is 6.12. The lowest BCUT2D eigenvalue weighted by Gasteiger charge is -2.12. The summed E-state index contributed by atoms with van der Waals surface area (Å²) in [5.74, 6) is 1.75. The van der Waals surface area contributed by atoms with E-state index in [-0.39, 0.29) is 17.7 Å². The Hall–Kier alpha value is -2.84. The van der Waals surface area contributed by atoms with Crippen molar-refractivity contribution in [2.24, 2.45) is 0 Å². The van der Waals surface area contributed by atoms with Gasteiger partial charge < -0.3 is 9.73 Å². The van der Waals surface area contributed by atoms with E-state index in [1.807, 2.05) is 60.0 Å². The molecule has 1 N–H and O–H groups in total. The van der Waals surface area contributed by atoms with Gasteiger partial charge in [-0.3, -0.25) is 9.36 Å². The van der Waals surface area contributed by atoms with Crippen LogP contribution in [0.3, 0.4) is 0 Å². The standard InChI is InChI=1S/C21H20N4O2S2/c1-15(18-10-5-11-27-18)22-20(26)14-29-21-24-23-19(13-17-9-6-12-28-17)25(21)16-7-3-2-4-8-16/h2-12,15H,13-14H2,1H3,(H,22,26)/t15-/m0/s1. The molecule has 0 bridgehead atoms. The molecule has 8 heteroatoms. The van der Waals surface area contributed by atoms with Crippen LogP contribution in [-0.4, -0.2) is 26.4 Å². The highest BCUT2D eigenvalue weighted by Gasteiger charge is 2.18. The van der Waals surface area contributed by atoms with E-state index in [0.717, 1.165) is 17.3 Å². The molecule has 0 saturated heterocycles. The summed E-state index contributed by atoms with van der Waals surface area (Å²) in [4.78, 5) is 13.6. The number of aromatic nitrogens is 3. The third-order valence-corrected chi connectivity index (χ3v) is 6.11. The molecule has 29 heavy (non-hydrogen) atoms. The van der Waals surface area contributed by atoms with Gasteiger partial charge in [0.1, 0.15) is 11.6 Å². The number of carbonyl (C=O) groups excluding carboxylic acids is 1. The van der Waals surface area contributed by atoms with Gasteiger partial charge in [-0.15, -0.1) is 21.5 Å². The lowest BCUT2D eigenvalue weighted by molar-refractivity contribution is -0.119. The van der Waals surface area contributed by atoms with Crippen LogP contribution in [0.25, 0.3) is 5.69 Å². The minimum absolute atomic E-state index is 0.0821. The molecule has 0 aliphatic carbocycles. The zero-order valence-corrected chi connectivity index (χ0v) is 17.5. The number of rotatable bonds is 8. The van der Waals surface area contributed by atoms with Crippen molar-refractivity contribution in [3.63, 3.8) is 0 Å². The summed E-state index contributed by atoms with van der Waals surface area (Å²) >= 11 is 3.07. The van der Waals surface area contributed by atoms with Crippen molar-refractivity contribution in [3.8, 4) is 5.69 Å². The van der Waals surface area contributed by atoms with Crippen LogP contribution in [0.2, 0.25) is 0 Å². The Morgan fingerprint density at radius 3 is 2.76 bits per heavy atom. The molecule has 1 amide bonds. The molecule has 6 nitrogen and oxygen atoms in total. The van der Waals surface area contributed by atoms with Gasteiger partial charge in [0.15, 0.2) is 5.16 Å². The van der Waals surface area contributed by atoms with Crippen LogP contribution in [0.5, 0.6) is 0 Å². The van der Waals surface area contributed by atoms with Crippen molar-refractivity contribution in [1.29, 1.82) is 0 Å². The third-order valence-electron chi connectivity index (χ3n) is 4.31. The third kappa shape index (κ3) is 4.78. The van der Waals surface area contributed by atoms with E-state index in [1.165, 1.54) is 16.6 Å². The first-order valence-electron chi connectivity index (χ1n) is 9.18. The minimum Gasteiger partial charge on any atom is -0.467 e. The number of thioether (sulfide) groups is 1. The Labute approximate surface area is 177 Å². The van der Waals surface area contributed by atoms with Gasteiger partial charge in [0.05, 0.1) is 18.1 Å². The second kappa shape index (κ2) is 9.11. The quantitative estimate of drug-likeness (QED) is 0.422. The summed E-state index contributed by atoms with van der Waals surface area (Å²) in [5, 5.41) is 14.5. The van der Waals surface area contributed by atoms with E-state index in [0.29, 0.717) is 11.6 Å². The number of amides is 1. The Morgan fingerprint density at radius 1 is 1.17 bits per heavy atom. The number of hydrogen-bond acceptors (Lipinski definition) is 6. The summed E-state index contributed by atoms with van der Waals surface area (Å²) in [6.45, 7) is 1.90. The average Bonchev–Trinajstić information content (AvgIpc) is 3.50. The van der Waals surface area contributed by atoms with E-state index in [4.69, 9.17) is 4.42 Å². The highest BCUT2D eigenvalue weighted by atomic mass is 32.2. The lowest BCUT2D eigenvalue weighted by atomic mass is 10.2. The van der Waals surface area contributed by atoms with Crippen molar-refractivity contribution in [3.05, 3.63) is 82.7 Å². The molecule has 0 spiro atoms. The first-order valence-corrected chi connectivity index (χ1v) is 11.0. The molecular formula is C21H20N4O2S2. The maximum Gasteiger partial charge on any atom is 0.231 e. The van der Waals surface area contributed by atoms with E-state index >= 15 is 0 Å². The Bertz CT molecular complexity index is 1040. The summed E-state index contributed by atoms with van der Waals surface area (Å²) in [6.07, 6.45) is 2.30. The lowest BCUT2D eigenvalue weighted by Crippen LogP contribution is -2.28. The van der Waals surface area contributed by atoms with Gasteiger partial charge in [-0.1, -0.05) is 36.0 Å². The van der Waals surface area contributed by atoms with E-state index in [2.05, 4.69) is 27.0 Å². The van der Waals surface area contributed by atoms with Crippen LogP contribution in [-0.2, 0) is 11.2 Å². The fourth-order valence-corrected chi connectivity index (χ4v) is 4.42. The van der Waals surface area contributed by atoms with Crippen LogP contribution in [0.4, 0.5) is 0 Å². The number of hydrogen-bond donors (Lipinski definition) is 1. The summed E-state index contributed by atoms with van der Waals surface area (Å²) in [6, 6.07) is 17.6. The molecule has 0 aliphatic heterocycles. The molecule has 4 rings (SSSR count). The molecule has 0 fully saturated rings. The molecular weight excluding hydrogens is 404 g/mol. The first-order chi connectivity index (χ1) is 14.2. The molecule has 1 aromatic carbocycles. The van der Waals surface area contributed by atoms with Gasteiger partial charge >= 0.3 is 0 Å². The molecule has 3 heterocycles. The zero-order valence-electron chi connectivity index (χ0n) is 15.8. The van der Waals surface area contributed by atoms with Gasteiger partial charge in [-0.25, -0.2) is 0 Å². The first kappa shape index (κ1) is 19.5. The maximum atomic E-state index is 12.4. The van der Waals surface area contributed by atoms with Crippen LogP contribution in [0, 0.1) is 0 Å². The van der Waals surface area contributed by atoms with Gasteiger partial charge in [0, 0.05) is 17.0 Å². The van der Waals surface area contributed by atoms with Crippen molar-refractivity contribution in [2.45, 2.75) is 24.5 Å². The Morgan fingerprint density at radius 2 is 2.03 bits per heavy atom. The number of para-hydroxylation sites is 1. The average molecular weight is 425 g/mol. The fourth-order valence-electron chi connectivity index (χ4n) is 2.94. The monoisotopic (exact) mass is 424 g/mol. The predicted octanol–water partition coefficient (Wildman–Crippen LogP) is 4.48. The van der Waals surface area contributed by atoms with Crippen molar-refractivity contribution in [2.75, 3.05) is 5.75 Å². The smallest absolute Gasteiger partial charge is 0.231 e. The minimum atomic E-state index is -0.181. The number of furan rings is 1. The maximum absolute atomic E-state index is 12.4. The van der Waals surface area contributed by atoms with Gasteiger partial charge in [0.25, 0.3) is 0 Å². The van der Waals surface area contributed by atoms with Gasteiger partial charge in [-0.2, -0.15) is 0 Å². The van der Waals surface area contributed by atoms with Gasteiger partial charge in [0.2, 0.25) is 5.91 Å².